The highest BCUT2D eigenvalue weighted by molar-refractivity contribution is 6.32. The molecule has 10 aromatic rings. The molecule has 8 aliphatic heterocycles. The molecule has 146 heavy (non-hydrogen) atoms. The first-order valence-electron chi connectivity index (χ1n) is 49.7. The van der Waals surface area contributed by atoms with Gasteiger partial charge >= 0.3 is 0 Å². The van der Waals surface area contributed by atoms with Crippen molar-refractivity contribution in [3.05, 3.63) is 336 Å². The number of hydrogen-bond acceptors (Lipinski definition) is 30. The van der Waals surface area contributed by atoms with Gasteiger partial charge in [0.05, 0.1) is 66.1 Å². The molecule has 0 aromatic heterocycles. The standard InChI is InChI=1S/C23H27ClO6.C23H27ClO5.C22H25ClO7.C22H25ClO6.C22H26O6/c1-2-29-16-5-3-13(4-6-16)9-15-10-17-14(11-18(15)24)7-8-23(17)22(28)21(27)20(26)19(12-25)30-23;1-2-13-3-5-14(6-4-13)9-16-10-17-15(11-18(16)24)7-8-23(17)22(28)21(27)20(26)19(12-25)29-23;1-2-28-15-5-3-12(4-6-15)7-13-8-16-14(9-17(13)23)11-29-22(16)21(27)20(26)19(25)18(10-24)30-22;1-2-12-3-5-13(6-4-12)7-14-8-16-15(9-17(14)23)11-28-22(16)21(27)20(26)19(25)18(10-24)29-22;1-2-13-3-5-14(6-4-13)9-15-7-8-16-12-27-22(17(16)10-15)21(26)20(25)19(24)18(11-23)28-22/h3-6,10-11,19-22,25-28H,2,7-9,12H2,1H3;3-6,10-11,19-22,25-28H,2,7-9,12H2,1H3;3-6,8-9,18-21,24-27H,2,7,10-11H2,1H3;3-6,8-9,18-21,24-27H,2,7,10-11H2,1H3;3-8,10,18-21,23-26H,2,9,11-12H2,1H3/t2*19-,20-,21+,22-,23+;3*18-,19-,20+,21-,22+/m11111/s1. The molecule has 30 nitrogen and oxygen atoms in total. The monoisotopic (exact) mass is 2090 g/mol. The van der Waals surface area contributed by atoms with E-state index in [1.54, 1.807) is 18.2 Å². The smallest absolute Gasteiger partial charge is 0.225 e. The summed E-state index contributed by atoms with van der Waals surface area (Å²) < 4.78 is 57.8. The number of benzene rings is 10. The minimum atomic E-state index is -1.68. The number of ether oxygens (including phenoxy) is 10. The highest BCUT2D eigenvalue weighted by atomic mass is 35.5. The van der Waals surface area contributed by atoms with E-state index in [1.807, 2.05) is 111 Å². The lowest BCUT2D eigenvalue weighted by Crippen LogP contribution is -2.63. The van der Waals surface area contributed by atoms with Gasteiger partial charge in [0.15, 0.2) is 0 Å². The lowest BCUT2D eigenvalue weighted by molar-refractivity contribution is -0.368. The molecule has 0 radical (unpaired) electrons. The summed E-state index contributed by atoms with van der Waals surface area (Å²) in [6, 6.07) is 61.3. The lowest BCUT2D eigenvalue weighted by Gasteiger charge is -2.47. The van der Waals surface area contributed by atoms with E-state index in [0.29, 0.717) is 108 Å². The van der Waals surface area contributed by atoms with E-state index < -0.39 is 184 Å². The Balaban J connectivity index is 0.000000131. The lowest BCUT2D eigenvalue weighted by atomic mass is 9.80. The first-order chi connectivity index (χ1) is 70.0. The fourth-order valence-corrected chi connectivity index (χ4v) is 22.5. The number of halogens is 4. The van der Waals surface area contributed by atoms with E-state index in [2.05, 4.69) is 93.6 Å². The number of hydrogen-bond donors (Lipinski definition) is 20. The predicted molar refractivity (Wildman–Crippen MR) is 538 cm³/mol. The molecule has 8 heterocycles. The Morgan fingerprint density at radius 1 is 0.260 bits per heavy atom. The van der Waals surface area contributed by atoms with Crippen molar-refractivity contribution in [3.8, 4) is 11.5 Å². The van der Waals surface area contributed by atoms with Crippen molar-refractivity contribution in [2.45, 2.75) is 282 Å². The number of aryl methyl sites for hydroxylation is 5. The number of aliphatic hydroxyl groups is 20. The van der Waals surface area contributed by atoms with Crippen molar-refractivity contribution in [1.29, 1.82) is 0 Å². The third kappa shape index (κ3) is 21.9. The largest absolute Gasteiger partial charge is 0.494 e. The average molecular weight is 2100 g/mol. The van der Waals surface area contributed by atoms with Gasteiger partial charge in [0.1, 0.15) is 145 Å². The van der Waals surface area contributed by atoms with Crippen LogP contribution in [0.2, 0.25) is 20.1 Å². The zero-order valence-corrected chi connectivity index (χ0v) is 84.6. The Labute approximate surface area is 866 Å². The molecule has 2 aliphatic carbocycles. The molecule has 0 amide bonds. The molecule has 20 rings (SSSR count). The predicted octanol–water partition coefficient (Wildman–Crippen LogP) is 8.19. The number of fused-ring (bicyclic) bond motifs is 10. The molecule has 0 saturated carbocycles. The minimum Gasteiger partial charge on any atom is -0.494 e. The summed E-state index contributed by atoms with van der Waals surface area (Å²) in [5.41, 5.74) is 18.8. The Morgan fingerprint density at radius 2 is 0.507 bits per heavy atom. The van der Waals surface area contributed by atoms with E-state index in [9.17, 15) is 102 Å². The second kappa shape index (κ2) is 47.0. The average Bonchev–Trinajstić information content (AvgIpc) is 1.57. The maximum atomic E-state index is 10.8. The van der Waals surface area contributed by atoms with E-state index in [0.717, 1.165) is 120 Å². The van der Waals surface area contributed by atoms with Crippen LogP contribution >= 0.6 is 46.4 Å². The van der Waals surface area contributed by atoms with Gasteiger partial charge in [0.2, 0.25) is 17.4 Å². The second-order valence-corrected chi connectivity index (χ2v) is 40.5. The molecule has 34 heteroatoms. The van der Waals surface area contributed by atoms with Crippen molar-refractivity contribution in [1.82, 2.24) is 0 Å². The quantitative estimate of drug-likeness (QED) is 0.0304. The van der Waals surface area contributed by atoms with Crippen LogP contribution in [0, 0.1) is 0 Å². The summed E-state index contributed by atoms with van der Waals surface area (Å²) >= 11 is 26.1. The van der Waals surface area contributed by atoms with E-state index in [-0.39, 0.29) is 19.8 Å². The minimum absolute atomic E-state index is 0.121. The van der Waals surface area contributed by atoms with Gasteiger partial charge in [-0.15, -0.1) is 0 Å². The molecule has 786 valence electrons. The SMILES string of the molecule is CCOc1ccc(Cc2cc3c(cc2Cl)CC[C@]32O[C@H](CO)[C@@H](O)[C@H](O)[C@H]2O)cc1.CCOc1ccc(Cc2cc3c(cc2Cl)CO[C@]32O[C@H](CO)[C@@H](O)[C@H](O)[C@H]2O)cc1.CCc1ccc(Cc2cc3c(cc2Cl)CC[C@]32O[C@H](CO)[C@@H](O)[C@H](O)[C@H]2O)cc1.CCc1ccc(Cc2cc3c(cc2Cl)CO[C@]32O[C@H](CO)[C@@H](O)[C@H](O)[C@H]2O)cc1.CCc1ccc(Cc2ccc3c(c2)[C@]2(OC3)O[C@H](CO)[C@@H](O)[C@H](O)[C@H]2O)cc1. The molecule has 5 fully saturated rings. The van der Waals surface area contributed by atoms with Gasteiger partial charge in [-0.1, -0.05) is 189 Å². The van der Waals surface area contributed by atoms with Crippen molar-refractivity contribution in [2.24, 2.45) is 0 Å². The molecule has 25 atom stereocenters. The maximum absolute atomic E-state index is 10.8. The first kappa shape index (κ1) is 110. The summed E-state index contributed by atoms with van der Waals surface area (Å²) in [6.07, 6.45) is -18.4. The van der Waals surface area contributed by atoms with Gasteiger partial charge in [-0.3, -0.25) is 0 Å². The zero-order chi connectivity index (χ0) is 104. The Kier molecular flexibility index (Phi) is 35.6. The van der Waals surface area contributed by atoms with E-state index in [1.165, 1.54) is 22.3 Å². The summed E-state index contributed by atoms with van der Waals surface area (Å²) in [5.74, 6) is -3.34. The van der Waals surface area contributed by atoms with Gasteiger partial charge in [0, 0.05) is 36.8 Å². The third-order valence-electron chi connectivity index (χ3n) is 29.9. The Morgan fingerprint density at radius 3 is 0.801 bits per heavy atom. The molecule has 0 unspecified atom stereocenters. The van der Waals surface area contributed by atoms with Gasteiger partial charge in [-0.2, -0.15) is 0 Å². The summed E-state index contributed by atoms with van der Waals surface area (Å²) in [5, 5.41) is 206. The zero-order valence-electron chi connectivity index (χ0n) is 81.5. The van der Waals surface area contributed by atoms with Crippen LogP contribution in [-0.4, -0.2) is 270 Å². The van der Waals surface area contributed by atoms with Gasteiger partial charge in [-0.25, -0.2) is 0 Å². The van der Waals surface area contributed by atoms with Crippen LogP contribution in [0.15, 0.2) is 188 Å². The number of rotatable bonds is 22. The molecular weight excluding hydrogens is 1970 g/mol. The third-order valence-corrected chi connectivity index (χ3v) is 31.3. The van der Waals surface area contributed by atoms with Crippen LogP contribution < -0.4 is 9.47 Å². The normalized spacial score (nSPS) is 31.0. The molecule has 10 aromatic carbocycles. The summed E-state index contributed by atoms with van der Waals surface area (Å²) in [6.45, 7) is 9.46. The van der Waals surface area contributed by atoms with Crippen molar-refractivity contribution in [3.63, 3.8) is 0 Å². The van der Waals surface area contributed by atoms with Gasteiger partial charge < -0.3 is 149 Å². The fourth-order valence-electron chi connectivity index (χ4n) is 21.5. The van der Waals surface area contributed by atoms with E-state index >= 15 is 0 Å². The van der Waals surface area contributed by atoms with Crippen molar-refractivity contribution < 1.29 is 149 Å². The fraction of sp³-hybridized carbons (Fsp3) is 0.464. The highest BCUT2D eigenvalue weighted by Crippen LogP contribution is 2.55. The number of aliphatic hydroxyl groups excluding tert-OH is 20. The van der Waals surface area contributed by atoms with Crippen LogP contribution in [0.25, 0.3) is 0 Å². The first-order valence-corrected chi connectivity index (χ1v) is 51.2. The van der Waals surface area contributed by atoms with Crippen LogP contribution in [0.5, 0.6) is 11.5 Å². The Hall–Kier alpha value is -8.16. The van der Waals surface area contributed by atoms with Crippen molar-refractivity contribution >= 4 is 46.4 Å². The summed E-state index contributed by atoms with van der Waals surface area (Å²) in [7, 11) is 0. The maximum Gasteiger partial charge on any atom is 0.225 e. The van der Waals surface area contributed by atoms with Gasteiger partial charge in [-0.05, 0) is 269 Å². The van der Waals surface area contributed by atoms with Gasteiger partial charge in [0.25, 0.3) is 0 Å². The Bertz CT molecular complexity index is 5810. The summed E-state index contributed by atoms with van der Waals surface area (Å²) in [4.78, 5) is 0. The molecule has 0 bridgehead atoms. The molecule has 5 saturated heterocycles. The van der Waals surface area contributed by atoms with Crippen molar-refractivity contribution in [2.75, 3.05) is 46.2 Å². The van der Waals surface area contributed by atoms with Crippen LogP contribution in [-0.2, 0) is 150 Å². The van der Waals surface area contributed by atoms with Crippen LogP contribution in [0.1, 0.15) is 175 Å². The van der Waals surface area contributed by atoms with Crippen LogP contribution in [0.4, 0.5) is 0 Å². The molecule has 20 N–H and O–H groups in total. The molecule has 5 spiro atoms. The second-order valence-electron chi connectivity index (χ2n) is 38.9. The highest BCUT2D eigenvalue weighted by Gasteiger charge is 2.64. The van der Waals surface area contributed by atoms with E-state index in [4.69, 9.17) is 93.8 Å². The molecular formula is C112H130Cl4O30. The molecule has 10 aliphatic rings. The topological polar surface area (TPSA) is 497 Å². The van der Waals surface area contributed by atoms with Crippen LogP contribution in [0.3, 0.4) is 0 Å².